The van der Waals surface area contributed by atoms with Crippen LogP contribution in [-0.2, 0) is 6.54 Å². The maximum absolute atomic E-state index is 6.06. The van der Waals surface area contributed by atoms with Gasteiger partial charge in [0.2, 0.25) is 0 Å². The number of hydrogen-bond donors (Lipinski definition) is 1. The molecule has 21 heavy (non-hydrogen) atoms. The van der Waals surface area contributed by atoms with E-state index in [0.29, 0.717) is 4.75 Å². The topological polar surface area (TPSA) is 42.1 Å². The van der Waals surface area contributed by atoms with Crippen LogP contribution in [0.5, 0.6) is 0 Å². The lowest BCUT2D eigenvalue weighted by molar-refractivity contribution is 0.277. The average molecular weight is 301 g/mol. The van der Waals surface area contributed by atoms with Crippen LogP contribution < -0.4 is 5.73 Å². The number of hydrogen-bond acceptors (Lipinski definition) is 4. The highest BCUT2D eigenvalue weighted by atomic mass is 32.2. The van der Waals surface area contributed by atoms with E-state index in [1.165, 1.54) is 17.7 Å². The number of nitrogen functional groups attached to an aromatic ring is 1. The molecular weight excluding hydrogens is 278 g/mol. The van der Waals surface area contributed by atoms with Gasteiger partial charge in [-0.2, -0.15) is 11.8 Å². The van der Waals surface area contributed by atoms with Crippen molar-refractivity contribution in [2.45, 2.75) is 31.6 Å². The predicted octanol–water partition coefficient (Wildman–Crippen LogP) is 3.53. The van der Waals surface area contributed by atoms with Gasteiger partial charge in [0, 0.05) is 40.9 Å². The van der Waals surface area contributed by atoms with Gasteiger partial charge in [-0.05, 0) is 36.7 Å². The van der Waals surface area contributed by atoms with Gasteiger partial charge < -0.3 is 5.73 Å². The van der Waals surface area contributed by atoms with Crippen molar-refractivity contribution >= 4 is 28.4 Å². The molecule has 1 aliphatic heterocycles. The van der Waals surface area contributed by atoms with Gasteiger partial charge in [0.05, 0.1) is 5.52 Å². The number of nitrogens with zero attached hydrogens (tertiary/aromatic N) is 2. The van der Waals surface area contributed by atoms with E-state index in [4.69, 9.17) is 5.73 Å². The monoisotopic (exact) mass is 301 g/mol. The van der Waals surface area contributed by atoms with Crippen LogP contribution in [0.2, 0.25) is 0 Å². The first-order chi connectivity index (χ1) is 10.1. The lowest BCUT2D eigenvalue weighted by atomic mass is 10.1. The lowest BCUT2D eigenvalue weighted by Crippen LogP contribution is -2.27. The number of rotatable bonds is 2. The highest BCUT2D eigenvalue weighted by Gasteiger charge is 2.23. The van der Waals surface area contributed by atoms with Gasteiger partial charge in [-0.1, -0.05) is 19.9 Å². The van der Waals surface area contributed by atoms with Crippen molar-refractivity contribution in [1.29, 1.82) is 0 Å². The standard InChI is InChI=1S/C17H23N3S/c1-17(2)7-9-20(10-11-21-17)12-13-5-6-15(18)14-4-3-8-19-16(13)14/h3-6,8H,7,9-12,18H2,1-2H3. The van der Waals surface area contributed by atoms with Crippen LogP contribution in [0.4, 0.5) is 5.69 Å². The molecule has 112 valence electrons. The molecule has 0 saturated carbocycles. The first-order valence-electron chi connectivity index (χ1n) is 7.54. The Morgan fingerprint density at radius 2 is 2.14 bits per heavy atom. The molecule has 2 heterocycles. The maximum atomic E-state index is 6.06. The second-order valence-electron chi connectivity index (χ2n) is 6.35. The Morgan fingerprint density at radius 3 is 3.00 bits per heavy atom. The predicted molar refractivity (Wildman–Crippen MR) is 92.6 cm³/mol. The summed E-state index contributed by atoms with van der Waals surface area (Å²) in [6.07, 6.45) is 3.09. The quantitative estimate of drug-likeness (QED) is 0.862. The Bertz CT molecular complexity index is 639. The molecule has 1 aromatic carbocycles. The number of nitrogens with two attached hydrogens (primary N) is 1. The van der Waals surface area contributed by atoms with Crippen LogP contribution in [0.3, 0.4) is 0 Å². The summed E-state index contributed by atoms with van der Waals surface area (Å²) in [7, 11) is 0. The van der Waals surface area contributed by atoms with Crippen molar-refractivity contribution in [2.24, 2.45) is 0 Å². The molecule has 0 unspecified atom stereocenters. The Labute approximate surface area is 130 Å². The van der Waals surface area contributed by atoms with Crippen molar-refractivity contribution < 1.29 is 0 Å². The molecule has 0 bridgehead atoms. The Hall–Kier alpha value is -1.26. The zero-order chi connectivity index (χ0) is 14.9. The second kappa shape index (κ2) is 5.85. The van der Waals surface area contributed by atoms with Gasteiger partial charge in [0.1, 0.15) is 0 Å². The molecule has 1 saturated heterocycles. The summed E-state index contributed by atoms with van der Waals surface area (Å²) in [5, 5.41) is 1.07. The van der Waals surface area contributed by atoms with E-state index in [-0.39, 0.29) is 0 Å². The molecule has 1 aliphatic rings. The molecule has 0 amide bonds. The van der Waals surface area contributed by atoms with Crippen LogP contribution in [0.25, 0.3) is 10.9 Å². The van der Waals surface area contributed by atoms with Crippen molar-refractivity contribution in [3.63, 3.8) is 0 Å². The van der Waals surface area contributed by atoms with Gasteiger partial charge in [0.25, 0.3) is 0 Å². The molecule has 0 aliphatic carbocycles. The summed E-state index contributed by atoms with van der Waals surface area (Å²) in [4.78, 5) is 7.09. The maximum Gasteiger partial charge on any atom is 0.0767 e. The molecule has 2 aromatic rings. The number of fused-ring (bicyclic) bond motifs is 1. The van der Waals surface area contributed by atoms with Gasteiger partial charge >= 0.3 is 0 Å². The van der Waals surface area contributed by atoms with E-state index in [0.717, 1.165) is 36.2 Å². The van der Waals surface area contributed by atoms with E-state index >= 15 is 0 Å². The van der Waals surface area contributed by atoms with Crippen LogP contribution in [-0.4, -0.2) is 33.5 Å². The Morgan fingerprint density at radius 1 is 1.29 bits per heavy atom. The van der Waals surface area contributed by atoms with E-state index in [1.807, 2.05) is 18.3 Å². The number of benzene rings is 1. The van der Waals surface area contributed by atoms with Crippen LogP contribution in [0.15, 0.2) is 30.5 Å². The van der Waals surface area contributed by atoms with Crippen molar-refractivity contribution in [2.75, 3.05) is 24.6 Å². The van der Waals surface area contributed by atoms with Gasteiger partial charge in [-0.3, -0.25) is 9.88 Å². The third kappa shape index (κ3) is 3.33. The normalized spacial score (nSPS) is 19.5. The SMILES string of the molecule is CC1(C)CCN(Cc2ccc(N)c3cccnc23)CCS1. The number of aromatic nitrogens is 1. The Kier molecular flexibility index (Phi) is 4.09. The van der Waals surface area contributed by atoms with E-state index in [2.05, 4.69) is 47.6 Å². The highest BCUT2D eigenvalue weighted by Crippen LogP contribution is 2.31. The van der Waals surface area contributed by atoms with E-state index in [9.17, 15) is 0 Å². The summed E-state index contributed by atoms with van der Waals surface area (Å²) in [6.45, 7) is 7.96. The second-order valence-corrected chi connectivity index (χ2v) is 8.15. The number of anilines is 1. The fourth-order valence-electron chi connectivity index (χ4n) is 2.84. The van der Waals surface area contributed by atoms with Crippen LogP contribution >= 0.6 is 11.8 Å². The molecule has 2 N–H and O–H groups in total. The highest BCUT2D eigenvalue weighted by molar-refractivity contribution is 8.00. The third-order valence-electron chi connectivity index (χ3n) is 4.21. The molecular formula is C17H23N3S. The first kappa shape index (κ1) is 14.7. The van der Waals surface area contributed by atoms with Gasteiger partial charge in [0.15, 0.2) is 0 Å². The largest absolute Gasteiger partial charge is 0.398 e. The molecule has 3 rings (SSSR count). The number of thioether (sulfide) groups is 1. The first-order valence-corrected chi connectivity index (χ1v) is 8.52. The molecule has 3 nitrogen and oxygen atoms in total. The fraction of sp³-hybridized carbons (Fsp3) is 0.471. The molecule has 1 fully saturated rings. The molecule has 0 atom stereocenters. The molecule has 1 aromatic heterocycles. The minimum atomic E-state index is 0.399. The van der Waals surface area contributed by atoms with E-state index in [1.54, 1.807) is 0 Å². The van der Waals surface area contributed by atoms with Crippen molar-refractivity contribution in [3.8, 4) is 0 Å². The average Bonchev–Trinajstić information content (AvgIpc) is 2.63. The summed E-state index contributed by atoms with van der Waals surface area (Å²) >= 11 is 2.08. The molecule has 0 spiro atoms. The van der Waals surface area contributed by atoms with E-state index < -0.39 is 0 Å². The van der Waals surface area contributed by atoms with Crippen molar-refractivity contribution in [1.82, 2.24) is 9.88 Å². The van der Waals surface area contributed by atoms with Crippen LogP contribution in [0.1, 0.15) is 25.8 Å². The third-order valence-corrected chi connectivity index (χ3v) is 5.58. The smallest absolute Gasteiger partial charge is 0.0767 e. The minimum absolute atomic E-state index is 0.399. The summed E-state index contributed by atoms with van der Waals surface area (Å²) in [5.41, 5.74) is 9.21. The lowest BCUT2D eigenvalue weighted by Gasteiger charge is -2.23. The van der Waals surface area contributed by atoms with Crippen molar-refractivity contribution in [3.05, 3.63) is 36.0 Å². The summed E-state index contributed by atoms with van der Waals surface area (Å²) in [6, 6.07) is 8.15. The summed E-state index contributed by atoms with van der Waals surface area (Å²) in [5.74, 6) is 1.20. The fourth-order valence-corrected chi connectivity index (χ4v) is 3.98. The van der Waals surface area contributed by atoms with Gasteiger partial charge in [-0.15, -0.1) is 0 Å². The van der Waals surface area contributed by atoms with Crippen LogP contribution in [0, 0.1) is 0 Å². The molecule has 0 radical (unpaired) electrons. The molecule has 4 heteroatoms. The zero-order valence-electron chi connectivity index (χ0n) is 12.8. The summed E-state index contributed by atoms with van der Waals surface area (Å²) < 4.78 is 0.399. The van der Waals surface area contributed by atoms with Gasteiger partial charge in [-0.25, -0.2) is 0 Å². The Balaban J connectivity index is 1.84. The minimum Gasteiger partial charge on any atom is -0.398 e. The zero-order valence-corrected chi connectivity index (χ0v) is 13.6. The number of pyridine rings is 1.